The molecule has 304 valence electrons. The molecule has 1 saturated heterocycles. The summed E-state index contributed by atoms with van der Waals surface area (Å²) in [6.45, 7) is 10.6. The predicted octanol–water partition coefficient (Wildman–Crippen LogP) is 5.56. The zero-order chi connectivity index (χ0) is 41.4. The third-order valence-corrected chi connectivity index (χ3v) is 17.6. The molecule has 12 nitrogen and oxygen atoms in total. The maximum atomic E-state index is 15.2. The first-order valence-electron chi connectivity index (χ1n) is 19.3. The first-order chi connectivity index (χ1) is 27.7. The lowest BCUT2D eigenvalue weighted by atomic mass is 9.89. The molecule has 0 radical (unpaired) electrons. The molecular formula is C43H49FN6O6SSi. The summed E-state index contributed by atoms with van der Waals surface area (Å²) in [7, 11) is 0.227. The summed E-state index contributed by atoms with van der Waals surface area (Å²) >= 11 is 1.18. The molecule has 1 aliphatic rings. The summed E-state index contributed by atoms with van der Waals surface area (Å²) in [4.78, 5) is 46.8. The van der Waals surface area contributed by atoms with Gasteiger partial charge in [-0.2, -0.15) is 10.2 Å². The maximum absolute atomic E-state index is 15.2. The lowest BCUT2D eigenvalue weighted by Gasteiger charge is -2.43. The minimum absolute atomic E-state index is 0.0687. The van der Waals surface area contributed by atoms with E-state index in [9.17, 15) is 14.4 Å². The van der Waals surface area contributed by atoms with Crippen LogP contribution in [0.2, 0.25) is 5.04 Å². The molecular weight excluding hydrogens is 776 g/mol. The van der Waals surface area contributed by atoms with Gasteiger partial charge in [0.25, 0.3) is 13.9 Å². The Morgan fingerprint density at radius 2 is 1.59 bits per heavy atom. The van der Waals surface area contributed by atoms with Crippen LogP contribution in [0.15, 0.2) is 101 Å². The van der Waals surface area contributed by atoms with Crippen LogP contribution in [0.25, 0.3) is 15.2 Å². The predicted molar refractivity (Wildman–Crippen MR) is 226 cm³/mol. The largest absolute Gasteiger partial charge is 0.496 e. The Morgan fingerprint density at radius 3 is 2.19 bits per heavy atom. The SMILES string of the molecule is COc1ccc(F)cc1[C@H](Cn1c(=O)n([C@@]2(C)CCCN(C)C2=O)c(=O)c2c(C)c(-n3nccn3)sc21)OCCO[Si](c1ccccc1)(c1ccccc1)C(C)(C)C. The summed E-state index contributed by atoms with van der Waals surface area (Å²) < 4.78 is 37.3. The highest BCUT2D eigenvalue weighted by Gasteiger charge is 2.50. The van der Waals surface area contributed by atoms with Crippen molar-refractivity contribution < 1.29 is 23.1 Å². The van der Waals surface area contributed by atoms with Gasteiger partial charge in [0.2, 0.25) is 5.91 Å². The second-order valence-electron chi connectivity index (χ2n) is 15.9. The number of aromatic nitrogens is 5. The average molecular weight is 825 g/mol. The Morgan fingerprint density at radius 1 is 0.948 bits per heavy atom. The Balaban J connectivity index is 1.35. The molecule has 0 unspecified atom stereocenters. The Bertz CT molecular complexity index is 2500. The van der Waals surface area contributed by atoms with Gasteiger partial charge in [0.15, 0.2) is 0 Å². The fourth-order valence-electron chi connectivity index (χ4n) is 8.44. The summed E-state index contributed by atoms with van der Waals surface area (Å²) in [6.07, 6.45) is 2.99. The lowest BCUT2D eigenvalue weighted by molar-refractivity contribution is -0.142. The van der Waals surface area contributed by atoms with Crippen molar-refractivity contribution in [2.24, 2.45) is 0 Å². The van der Waals surface area contributed by atoms with Crippen LogP contribution >= 0.6 is 11.3 Å². The topological polar surface area (TPSA) is 123 Å². The maximum Gasteiger partial charge on any atom is 0.333 e. The average Bonchev–Trinajstić information content (AvgIpc) is 3.86. The van der Waals surface area contributed by atoms with Gasteiger partial charge in [0.05, 0.1) is 44.6 Å². The monoisotopic (exact) mass is 824 g/mol. The van der Waals surface area contributed by atoms with Gasteiger partial charge in [0.1, 0.15) is 33.0 Å². The molecule has 0 spiro atoms. The van der Waals surface area contributed by atoms with Crippen LogP contribution in [-0.2, 0) is 26.0 Å². The van der Waals surface area contributed by atoms with Gasteiger partial charge in [-0.25, -0.2) is 13.8 Å². The van der Waals surface area contributed by atoms with E-state index < -0.39 is 37.0 Å². The highest BCUT2D eigenvalue weighted by Crippen LogP contribution is 2.38. The number of aryl methyl sites for hydroxylation is 1. The molecule has 15 heteroatoms. The number of piperidine rings is 1. The van der Waals surface area contributed by atoms with E-state index in [0.29, 0.717) is 46.1 Å². The summed E-state index contributed by atoms with van der Waals surface area (Å²) in [5.74, 6) is -0.486. The highest BCUT2D eigenvalue weighted by molar-refractivity contribution is 7.21. The van der Waals surface area contributed by atoms with Crippen LogP contribution < -0.4 is 26.4 Å². The van der Waals surface area contributed by atoms with Crippen LogP contribution in [0.1, 0.15) is 57.8 Å². The summed E-state index contributed by atoms with van der Waals surface area (Å²) in [5, 5.41) is 11.4. The Kier molecular flexibility index (Phi) is 11.4. The number of hydrogen-bond donors (Lipinski definition) is 0. The summed E-state index contributed by atoms with van der Waals surface area (Å²) in [5.41, 5.74) is -1.78. The molecule has 0 saturated carbocycles. The van der Waals surface area contributed by atoms with E-state index in [4.69, 9.17) is 13.9 Å². The number of methoxy groups -OCH3 is 1. The van der Waals surface area contributed by atoms with Crippen LogP contribution in [0.5, 0.6) is 5.75 Å². The Hall–Kier alpha value is -5.22. The normalized spacial score (nSPS) is 16.9. The number of fused-ring (bicyclic) bond motifs is 1. The number of rotatable bonds is 13. The van der Waals surface area contributed by atoms with E-state index in [-0.39, 0.29) is 36.1 Å². The van der Waals surface area contributed by atoms with Crippen LogP contribution in [0.3, 0.4) is 0 Å². The lowest BCUT2D eigenvalue weighted by Crippen LogP contribution is -2.66. The second-order valence-corrected chi connectivity index (χ2v) is 21.2. The van der Waals surface area contributed by atoms with Crippen LogP contribution in [0, 0.1) is 12.7 Å². The minimum Gasteiger partial charge on any atom is -0.496 e. The van der Waals surface area contributed by atoms with Gasteiger partial charge in [-0.1, -0.05) is 92.8 Å². The first kappa shape index (κ1) is 41.0. The number of amides is 1. The molecule has 6 aromatic rings. The van der Waals surface area contributed by atoms with Gasteiger partial charge < -0.3 is 18.8 Å². The minimum atomic E-state index is -2.94. The number of thiophene rings is 1. The van der Waals surface area contributed by atoms with E-state index in [1.54, 1.807) is 25.8 Å². The smallest absolute Gasteiger partial charge is 0.333 e. The van der Waals surface area contributed by atoms with Crippen molar-refractivity contribution in [1.82, 2.24) is 29.0 Å². The number of hydrogen-bond acceptors (Lipinski definition) is 9. The molecule has 1 amide bonds. The van der Waals surface area contributed by atoms with Crippen molar-refractivity contribution in [2.75, 3.05) is 33.9 Å². The van der Waals surface area contributed by atoms with Gasteiger partial charge in [-0.15, -0.1) is 4.80 Å². The van der Waals surface area contributed by atoms with Gasteiger partial charge in [0, 0.05) is 24.7 Å². The fourth-order valence-corrected chi connectivity index (χ4v) is 14.2. The standard InChI is InChI=1S/C43H49FN6O6SSi/c1-29-36-37(51)49(43(5)21-14-24-47(6)40(43)52)41(53)48(39(36)57-38(29)50-45-22-23-46-50)28-35(33-27-30(44)19-20-34(33)54-7)55-25-26-56-58(42(2,3)4,31-15-10-8-11-16-31)32-17-12-9-13-18-32/h8-13,15-20,22-23,27,35H,14,21,24-26,28H2,1-7H3/t35-,43-/m0/s1. The fraction of sp³-hybridized carbons (Fsp3) is 0.372. The zero-order valence-electron chi connectivity index (χ0n) is 33.9. The van der Waals surface area contributed by atoms with Crippen LogP contribution in [0.4, 0.5) is 4.39 Å². The van der Waals surface area contributed by atoms with Crippen molar-refractivity contribution in [3.05, 3.63) is 129 Å². The van der Waals surface area contributed by atoms with Gasteiger partial charge >= 0.3 is 5.69 Å². The molecule has 0 bridgehead atoms. The zero-order valence-corrected chi connectivity index (χ0v) is 35.7. The number of likely N-dealkylation sites (N-methyl/N-ethyl adjacent to an activating group) is 1. The molecule has 3 aromatic carbocycles. The number of likely N-dealkylation sites (tertiary alicyclic amines) is 1. The van der Waals surface area contributed by atoms with E-state index in [1.807, 2.05) is 36.4 Å². The van der Waals surface area contributed by atoms with E-state index in [0.717, 1.165) is 14.9 Å². The number of nitrogens with zero attached hydrogens (tertiary/aromatic N) is 6. The quantitative estimate of drug-likeness (QED) is 0.110. The van der Waals surface area contributed by atoms with Crippen molar-refractivity contribution in [3.63, 3.8) is 0 Å². The number of halogens is 1. The van der Waals surface area contributed by atoms with E-state index in [2.05, 4.69) is 55.2 Å². The molecule has 2 atom stereocenters. The van der Waals surface area contributed by atoms with E-state index >= 15 is 4.39 Å². The summed E-state index contributed by atoms with van der Waals surface area (Å²) in [6, 6.07) is 24.7. The number of carbonyl (C=O) groups excluding carboxylic acids is 1. The number of ether oxygens (including phenoxy) is 2. The molecule has 7 rings (SSSR count). The first-order valence-corrected chi connectivity index (χ1v) is 22.1. The Labute approximate surface area is 341 Å². The molecule has 0 N–H and O–H groups in total. The van der Waals surface area contributed by atoms with Gasteiger partial charge in [-0.05, 0) is 60.3 Å². The molecule has 3 aromatic heterocycles. The third kappa shape index (κ3) is 7.14. The van der Waals surface area contributed by atoms with Crippen LogP contribution in [-0.4, -0.2) is 77.2 Å². The van der Waals surface area contributed by atoms with Crippen molar-refractivity contribution in [2.45, 2.75) is 70.7 Å². The van der Waals surface area contributed by atoms with Crippen molar-refractivity contribution in [1.29, 1.82) is 0 Å². The van der Waals surface area contributed by atoms with E-state index in [1.165, 1.54) is 58.4 Å². The molecule has 58 heavy (non-hydrogen) atoms. The second kappa shape index (κ2) is 16.2. The van der Waals surface area contributed by atoms with Crippen molar-refractivity contribution >= 4 is 46.2 Å². The van der Waals surface area contributed by atoms with Gasteiger partial charge in [-0.3, -0.25) is 14.2 Å². The number of carbonyl (C=O) groups is 1. The molecule has 0 aliphatic carbocycles. The highest BCUT2D eigenvalue weighted by atomic mass is 32.1. The van der Waals surface area contributed by atoms with Crippen molar-refractivity contribution in [3.8, 4) is 10.8 Å². The molecule has 4 heterocycles. The molecule has 1 fully saturated rings. The number of benzene rings is 3. The third-order valence-electron chi connectivity index (χ3n) is 11.3. The molecule has 1 aliphatic heterocycles.